The van der Waals surface area contributed by atoms with Crippen molar-refractivity contribution < 1.29 is 4.79 Å². The number of unbranched alkanes of at least 4 members (excludes halogenated alkanes) is 1. The lowest BCUT2D eigenvalue weighted by Crippen LogP contribution is -2.43. The van der Waals surface area contributed by atoms with E-state index in [1.54, 1.807) is 0 Å². The zero-order valence-corrected chi connectivity index (χ0v) is 10.9. The summed E-state index contributed by atoms with van der Waals surface area (Å²) in [5.41, 5.74) is 0. The monoisotopic (exact) mass is 226 g/mol. The van der Waals surface area contributed by atoms with Gasteiger partial charge in [-0.25, -0.2) is 0 Å². The highest BCUT2D eigenvalue weighted by Gasteiger charge is 2.28. The number of hydrogen-bond donors (Lipinski definition) is 2. The lowest BCUT2D eigenvalue weighted by atomic mass is 10.0. The Morgan fingerprint density at radius 2 is 2.19 bits per heavy atom. The smallest absolute Gasteiger partial charge is 0.237 e. The molecule has 1 heterocycles. The normalized spacial score (nSPS) is 25.0. The predicted molar refractivity (Wildman–Crippen MR) is 67.3 cm³/mol. The van der Waals surface area contributed by atoms with Gasteiger partial charge in [-0.1, -0.05) is 33.6 Å². The van der Waals surface area contributed by atoms with Crippen molar-refractivity contribution in [3.8, 4) is 0 Å². The molecular weight excluding hydrogens is 200 g/mol. The number of rotatable bonds is 6. The second kappa shape index (κ2) is 6.89. The van der Waals surface area contributed by atoms with Crippen LogP contribution in [0.4, 0.5) is 0 Å². The Labute approximate surface area is 99.4 Å². The zero-order valence-electron chi connectivity index (χ0n) is 10.9. The first kappa shape index (κ1) is 13.5. The molecule has 2 unspecified atom stereocenters. The summed E-state index contributed by atoms with van der Waals surface area (Å²) >= 11 is 0. The van der Waals surface area contributed by atoms with Gasteiger partial charge in [-0.05, 0) is 31.2 Å². The van der Waals surface area contributed by atoms with E-state index < -0.39 is 0 Å². The van der Waals surface area contributed by atoms with E-state index in [2.05, 4.69) is 31.4 Å². The highest BCUT2D eigenvalue weighted by atomic mass is 16.2. The van der Waals surface area contributed by atoms with Crippen LogP contribution in [0.15, 0.2) is 0 Å². The molecule has 3 nitrogen and oxygen atoms in total. The van der Waals surface area contributed by atoms with Gasteiger partial charge in [0, 0.05) is 6.54 Å². The number of hydrogen-bond acceptors (Lipinski definition) is 2. The van der Waals surface area contributed by atoms with E-state index in [-0.39, 0.29) is 11.9 Å². The van der Waals surface area contributed by atoms with Gasteiger partial charge in [0.15, 0.2) is 0 Å². The van der Waals surface area contributed by atoms with E-state index in [1.807, 2.05) is 0 Å². The molecule has 3 heteroatoms. The van der Waals surface area contributed by atoms with Crippen LogP contribution < -0.4 is 10.6 Å². The molecule has 0 aromatic rings. The van der Waals surface area contributed by atoms with Crippen LogP contribution in [0.3, 0.4) is 0 Å². The Morgan fingerprint density at radius 1 is 1.44 bits per heavy atom. The topological polar surface area (TPSA) is 41.1 Å². The third-order valence-electron chi connectivity index (χ3n) is 3.32. The Bertz CT molecular complexity index is 216. The van der Waals surface area contributed by atoms with Gasteiger partial charge >= 0.3 is 0 Å². The standard InChI is InChI=1S/C13H26N2O/c1-10(2)6-4-5-8-15-13(16)12-11(3)7-9-14-12/h10-12,14H,4-9H2,1-3H3,(H,15,16). The molecule has 0 aromatic heterocycles. The Kier molecular flexibility index (Phi) is 5.81. The predicted octanol–water partition coefficient (Wildman–Crippen LogP) is 1.93. The molecule has 0 aromatic carbocycles. The van der Waals surface area contributed by atoms with Crippen molar-refractivity contribution in [1.29, 1.82) is 0 Å². The van der Waals surface area contributed by atoms with E-state index >= 15 is 0 Å². The van der Waals surface area contributed by atoms with Crippen LogP contribution >= 0.6 is 0 Å². The average Bonchev–Trinajstić information content (AvgIpc) is 2.63. The van der Waals surface area contributed by atoms with Gasteiger partial charge in [0.25, 0.3) is 0 Å². The molecule has 0 aliphatic carbocycles. The molecule has 1 amide bonds. The largest absolute Gasteiger partial charge is 0.355 e. The SMILES string of the molecule is CC(C)CCCCNC(=O)C1NCCC1C. The lowest BCUT2D eigenvalue weighted by Gasteiger charge is -2.15. The fourth-order valence-electron chi connectivity index (χ4n) is 2.18. The lowest BCUT2D eigenvalue weighted by molar-refractivity contribution is -0.123. The second-order valence-electron chi connectivity index (χ2n) is 5.38. The van der Waals surface area contributed by atoms with Crippen molar-refractivity contribution in [3.05, 3.63) is 0 Å². The minimum Gasteiger partial charge on any atom is -0.355 e. The van der Waals surface area contributed by atoms with Crippen molar-refractivity contribution in [2.75, 3.05) is 13.1 Å². The molecule has 0 saturated carbocycles. The van der Waals surface area contributed by atoms with Crippen LogP contribution in [0, 0.1) is 11.8 Å². The summed E-state index contributed by atoms with van der Waals surface area (Å²) in [6, 6.07) is 0.0464. The van der Waals surface area contributed by atoms with Gasteiger partial charge in [-0.3, -0.25) is 4.79 Å². The van der Waals surface area contributed by atoms with E-state index in [9.17, 15) is 4.79 Å². The molecule has 16 heavy (non-hydrogen) atoms. The van der Waals surface area contributed by atoms with Crippen LogP contribution in [-0.2, 0) is 4.79 Å². The number of carbonyl (C=O) groups excluding carboxylic acids is 1. The van der Waals surface area contributed by atoms with Gasteiger partial charge < -0.3 is 10.6 Å². The zero-order chi connectivity index (χ0) is 12.0. The van der Waals surface area contributed by atoms with Gasteiger partial charge in [0.2, 0.25) is 5.91 Å². The van der Waals surface area contributed by atoms with E-state index in [1.165, 1.54) is 12.8 Å². The van der Waals surface area contributed by atoms with Crippen LogP contribution in [-0.4, -0.2) is 25.0 Å². The highest BCUT2D eigenvalue weighted by molar-refractivity contribution is 5.82. The van der Waals surface area contributed by atoms with E-state index in [0.717, 1.165) is 31.8 Å². The fourth-order valence-corrected chi connectivity index (χ4v) is 2.18. The first-order chi connectivity index (χ1) is 7.61. The van der Waals surface area contributed by atoms with Gasteiger partial charge in [0.05, 0.1) is 6.04 Å². The Morgan fingerprint density at radius 3 is 2.75 bits per heavy atom. The fraction of sp³-hybridized carbons (Fsp3) is 0.923. The van der Waals surface area contributed by atoms with Crippen molar-refractivity contribution >= 4 is 5.91 Å². The third-order valence-corrected chi connectivity index (χ3v) is 3.32. The molecule has 0 spiro atoms. The van der Waals surface area contributed by atoms with Crippen molar-refractivity contribution in [3.63, 3.8) is 0 Å². The summed E-state index contributed by atoms with van der Waals surface area (Å²) in [7, 11) is 0. The quantitative estimate of drug-likeness (QED) is 0.679. The number of carbonyl (C=O) groups is 1. The summed E-state index contributed by atoms with van der Waals surface area (Å²) in [5, 5.41) is 6.28. The Balaban J connectivity index is 2.06. The van der Waals surface area contributed by atoms with Gasteiger partial charge in [0.1, 0.15) is 0 Å². The molecule has 1 rings (SSSR count). The Hall–Kier alpha value is -0.570. The van der Waals surface area contributed by atoms with Crippen molar-refractivity contribution in [1.82, 2.24) is 10.6 Å². The summed E-state index contributed by atoms with van der Waals surface area (Å²) in [6.07, 6.45) is 4.69. The molecule has 0 radical (unpaired) electrons. The molecule has 0 bridgehead atoms. The second-order valence-corrected chi connectivity index (χ2v) is 5.38. The number of amides is 1. The van der Waals surface area contributed by atoms with E-state index in [4.69, 9.17) is 0 Å². The van der Waals surface area contributed by atoms with Crippen molar-refractivity contribution in [2.45, 2.75) is 52.5 Å². The third kappa shape index (κ3) is 4.52. The minimum absolute atomic E-state index is 0.0464. The molecule has 2 N–H and O–H groups in total. The molecule has 1 aliphatic heterocycles. The van der Waals surface area contributed by atoms with E-state index in [0.29, 0.717) is 5.92 Å². The van der Waals surface area contributed by atoms with Crippen LogP contribution in [0.5, 0.6) is 0 Å². The molecule has 94 valence electrons. The highest BCUT2D eigenvalue weighted by Crippen LogP contribution is 2.14. The first-order valence-corrected chi connectivity index (χ1v) is 6.62. The maximum absolute atomic E-state index is 11.8. The summed E-state index contributed by atoms with van der Waals surface area (Å²) in [4.78, 5) is 11.8. The molecular formula is C13H26N2O. The van der Waals surface area contributed by atoms with Crippen LogP contribution in [0.1, 0.15) is 46.5 Å². The molecule has 2 atom stereocenters. The van der Waals surface area contributed by atoms with Crippen LogP contribution in [0.2, 0.25) is 0 Å². The maximum atomic E-state index is 11.8. The average molecular weight is 226 g/mol. The maximum Gasteiger partial charge on any atom is 0.237 e. The number of nitrogens with one attached hydrogen (secondary N) is 2. The first-order valence-electron chi connectivity index (χ1n) is 6.62. The summed E-state index contributed by atoms with van der Waals surface area (Å²) in [6.45, 7) is 8.43. The van der Waals surface area contributed by atoms with Crippen LogP contribution in [0.25, 0.3) is 0 Å². The summed E-state index contributed by atoms with van der Waals surface area (Å²) in [5.74, 6) is 1.44. The molecule has 1 saturated heterocycles. The molecule has 1 fully saturated rings. The molecule has 1 aliphatic rings. The summed E-state index contributed by atoms with van der Waals surface area (Å²) < 4.78 is 0. The van der Waals surface area contributed by atoms with Gasteiger partial charge in [-0.2, -0.15) is 0 Å². The van der Waals surface area contributed by atoms with Crippen molar-refractivity contribution in [2.24, 2.45) is 11.8 Å². The van der Waals surface area contributed by atoms with Gasteiger partial charge in [-0.15, -0.1) is 0 Å². The minimum atomic E-state index is 0.0464.